The maximum absolute atomic E-state index is 12.1. The van der Waals surface area contributed by atoms with Crippen molar-refractivity contribution in [3.05, 3.63) is 29.3 Å². The van der Waals surface area contributed by atoms with Gasteiger partial charge in [-0.1, -0.05) is 6.07 Å². The Labute approximate surface area is 136 Å². The van der Waals surface area contributed by atoms with Crippen molar-refractivity contribution in [2.24, 2.45) is 5.92 Å². The van der Waals surface area contributed by atoms with Gasteiger partial charge < -0.3 is 20.1 Å². The molecule has 5 nitrogen and oxygen atoms in total. The van der Waals surface area contributed by atoms with E-state index in [1.54, 1.807) is 18.2 Å². The molecule has 0 bridgehead atoms. The van der Waals surface area contributed by atoms with Gasteiger partial charge in [-0.2, -0.15) is 0 Å². The third-order valence-corrected chi connectivity index (χ3v) is 4.18. The van der Waals surface area contributed by atoms with Crippen LogP contribution in [0.25, 0.3) is 0 Å². The van der Waals surface area contributed by atoms with E-state index in [-0.39, 0.29) is 24.1 Å². The van der Waals surface area contributed by atoms with Crippen LogP contribution in [0.3, 0.4) is 0 Å². The summed E-state index contributed by atoms with van der Waals surface area (Å²) in [6.45, 7) is 5.44. The van der Waals surface area contributed by atoms with Crippen LogP contribution in [0.2, 0.25) is 0 Å². The van der Waals surface area contributed by atoms with Gasteiger partial charge in [0.2, 0.25) is 0 Å². The molecule has 1 aliphatic carbocycles. The van der Waals surface area contributed by atoms with E-state index in [1.165, 1.54) is 0 Å². The molecule has 0 saturated carbocycles. The Balaban J connectivity index is 2.25. The van der Waals surface area contributed by atoms with Gasteiger partial charge in [-0.25, -0.2) is 0 Å². The van der Waals surface area contributed by atoms with E-state index in [0.29, 0.717) is 6.42 Å². The van der Waals surface area contributed by atoms with Crippen LogP contribution in [-0.2, 0) is 16.0 Å². The molecule has 1 aromatic carbocycles. The first-order valence-corrected chi connectivity index (χ1v) is 8.07. The lowest BCUT2D eigenvalue weighted by atomic mass is 9.81. The molecule has 0 amide bonds. The molecular formula is C18H26O5. The average molecular weight is 322 g/mol. The van der Waals surface area contributed by atoms with Gasteiger partial charge in [0, 0.05) is 12.3 Å². The summed E-state index contributed by atoms with van der Waals surface area (Å²) < 4.78 is 5.37. The lowest BCUT2D eigenvalue weighted by Gasteiger charge is -2.29. The topological polar surface area (TPSA) is 87.0 Å². The van der Waals surface area contributed by atoms with Gasteiger partial charge in [0.05, 0.1) is 0 Å². The molecule has 2 atom stereocenters. The maximum atomic E-state index is 12.1. The minimum atomic E-state index is -1.55. The fourth-order valence-electron chi connectivity index (χ4n) is 3.35. The highest BCUT2D eigenvalue weighted by Gasteiger charge is 2.34. The van der Waals surface area contributed by atoms with Crippen molar-refractivity contribution >= 4 is 5.97 Å². The monoisotopic (exact) mass is 322 g/mol. The third kappa shape index (κ3) is 4.69. The second-order valence-electron chi connectivity index (χ2n) is 7.27. The number of phenols is 1. The van der Waals surface area contributed by atoms with Crippen LogP contribution in [0.4, 0.5) is 0 Å². The van der Waals surface area contributed by atoms with Gasteiger partial charge in [-0.3, -0.25) is 4.79 Å². The maximum Gasteiger partial charge on any atom is 0.306 e. The number of hydrogen-bond acceptors (Lipinski definition) is 5. The second kappa shape index (κ2) is 6.89. The van der Waals surface area contributed by atoms with Gasteiger partial charge in [-0.05, 0) is 69.2 Å². The molecule has 0 aromatic heterocycles. The summed E-state index contributed by atoms with van der Waals surface area (Å²) >= 11 is 0. The molecule has 0 aliphatic heterocycles. The van der Waals surface area contributed by atoms with Crippen LogP contribution < -0.4 is 0 Å². The lowest BCUT2D eigenvalue weighted by molar-refractivity contribution is -0.157. The fourth-order valence-corrected chi connectivity index (χ4v) is 3.35. The Bertz CT molecular complexity index is 559. The first-order valence-electron chi connectivity index (χ1n) is 8.07. The van der Waals surface area contributed by atoms with Crippen molar-refractivity contribution in [3.8, 4) is 5.75 Å². The van der Waals surface area contributed by atoms with Crippen LogP contribution in [0.1, 0.15) is 57.1 Å². The Morgan fingerprint density at radius 2 is 2.04 bits per heavy atom. The predicted octanol–water partition coefficient (Wildman–Crippen LogP) is 2.47. The average Bonchev–Trinajstić information content (AvgIpc) is 2.54. The van der Waals surface area contributed by atoms with Crippen LogP contribution in [0, 0.1) is 5.92 Å². The number of benzene rings is 1. The molecule has 1 aliphatic rings. The number of hydrogen-bond donors (Lipinski definition) is 3. The van der Waals surface area contributed by atoms with E-state index in [9.17, 15) is 20.1 Å². The first kappa shape index (κ1) is 17.8. The number of aliphatic hydroxyl groups excluding tert-OH is 1. The molecule has 0 radical (unpaired) electrons. The van der Waals surface area contributed by atoms with E-state index < -0.39 is 17.8 Å². The number of aryl methyl sites for hydroxylation is 1. The van der Waals surface area contributed by atoms with Gasteiger partial charge >= 0.3 is 5.97 Å². The molecule has 2 unspecified atom stereocenters. The number of carbonyl (C=O) groups is 1. The largest absolute Gasteiger partial charge is 0.508 e. The first-order chi connectivity index (χ1) is 10.7. The molecule has 2 rings (SSSR count). The Kier molecular flexibility index (Phi) is 5.32. The summed E-state index contributed by atoms with van der Waals surface area (Å²) in [6, 6.07) is 4.94. The summed E-state index contributed by atoms with van der Waals surface area (Å²) in [5.74, 6) is -0.910. The van der Waals surface area contributed by atoms with E-state index in [0.717, 1.165) is 24.0 Å². The predicted molar refractivity (Wildman–Crippen MR) is 86.0 cm³/mol. The molecule has 1 aromatic rings. The zero-order valence-corrected chi connectivity index (χ0v) is 14.0. The van der Waals surface area contributed by atoms with Crippen molar-refractivity contribution in [2.75, 3.05) is 0 Å². The van der Waals surface area contributed by atoms with Gasteiger partial charge in [0.1, 0.15) is 11.4 Å². The minimum Gasteiger partial charge on any atom is -0.508 e. The van der Waals surface area contributed by atoms with Crippen molar-refractivity contribution in [3.63, 3.8) is 0 Å². The smallest absolute Gasteiger partial charge is 0.306 e. The van der Waals surface area contributed by atoms with E-state index >= 15 is 0 Å². The number of fused-ring (bicyclic) bond motifs is 1. The van der Waals surface area contributed by atoms with Crippen molar-refractivity contribution in [2.45, 2.75) is 64.3 Å². The zero-order chi connectivity index (χ0) is 17.2. The standard InChI is InChI=1S/C18H26O5/c1-18(2,3)23-15(20)10-12-6-4-5-11-9-13(19)7-8-14(11)16(12)17(21)22/h7-9,12,16-17,19,21-22H,4-6,10H2,1-3H3. The number of ether oxygens (including phenoxy) is 1. The molecule has 0 heterocycles. The Morgan fingerprint density at radius 1 is 1.35 bits per heavy atom. The second-order valence-corrected chi connectivity index (χ2v) is 7.27. The molecule has 128 valence electrons. The molecule has 23 heavy (non-hydrogen) atoms. The summed E-state index contributed by atoms with van der Waals surface area (Å²) in [5, 5.41) is 29.4. The van der Waals surface area contributed by atoms with Gasteiger partial charge in [0.25, 0.3) is 0 Å². The molecule has 0 saturated heterocycles. The number of rotatable bonds is 3. The quantitative estimate of drug-likeness (QED) is 0.452. The SMILES string of the molecule is CC(C)(C)OC(=O)CC1CCCc2cc(O)ccc2C1C(O)O. The molecule has 0 fully saturated rings. The number of aliphatic hydroxyl groups is 2. The highest BCUT2D eigenvalue weighted by atomic mass is 16.6. The Morgan fingerprint density at radius 3 is 2.65 bits per heavy atom. The third-order valence-electron chi connectivity index (χ3n) is 4.18. The minimum absolute atomic E-state index is 0.153. The number of carbonyl (C=O) groups excluding carboxylic acids is 1. The van der Waals surface area contributed by atoms with Crippen LogP contribution in [0.15, 0.2) is 18.2 Å². The number of phenolic OH excluding ortho intramolecular Hbond substituents is 1. The van der Waals surface area contributed by atoms with Crippen molar-refractivity contribution < 1.29 is 24.9 Å². The zero-order valence-electron chi connectivity index (χ0n) is 14.0. The normalized spacial score (nSPS) is 21.7. The van der Waals surface area contributed by atoms with Gasteiger partial charge in [-0.15, -0.1) is 0 Å². The van der Waals surface area contributed by atoms with E-state index in [4.69, 9.17) is 4.74 Å². The Hall–Kier alpha value is -1.59. The summed E-state index contributed by atoms with van der Waals surface area (Å²) in [6.07, 6.45) is 0.880. The van der Waals surface area contributed by atoms with Crippen LogP contribution in [-0.4, -0.2) is 33.2 Å². The summed E-state index contributed by atoms with van der Waals surface area (Å²) in [4.78, 5) is 12.1. The molecular weight excluding hydrogens is 296 g/mol. The molecule has 5 heteroatoms. The van der Waals surface area contributed by atoms with Crippen molar-refractivity contribution in [1.82, 2.24) is 0 Å². The summed E-state index contributed by atoms with van der Waals surface area (Å²) in [7, 11) is 0. The molecule has 0 spiro atoms. The highest BCUT2D eigenvalue weighted by molar-refractivity contribution is 5.70. The van der Waals surface area contributed by atoms with Gasteiger partial charge in [0.15, 0.2) is 6.29 Å². The highest BCUT2D eigenvalue weighted by Crippen LogP contribution is 2.40. The van der Waals surface area contributed by atoms with E-state index in [1.807, 2.05) is 20.8 Å². The summed E-state index contributed by atoms with van der Waals surface area (Å²) in [5.41, 5.74) is 1.15. The molecule has 3 N–H and O–H groups in total. The number of aromatic hydroxyl groups is 1. The van der Waals surface area contributed by atoms with Crippen molar-refractivity contribution in [1.29, 1.82) is 0 Å². The number of esters is 1. The lowest BCUT2D eigenvalue weighted by Crippen LogP contribution is -2.30. The van der Waals surface area contributed by atoms with Crippen LogP contribution >= 0.6 is 0 Å². The van der Waals surface area contributed by atoms with E-state index in [2.05, 4.69) is 0 Å². The fraction of sp³-hybridized carbons (Fsp3) is 0.611. The van der Waals surface area contributed by atoms with Crippen LogP contribution in [0.5, 0.6) is 5.75 Å².